The summed E-state index contributed by atoms with van der Waals surface area (Å²) in [5.74, 6) is 0.0919. The average Bonchev–Trinajstić information content (AvgIpc) is 3.02. The van der Waals surface area contributed by atoms with E-state index in [9.17, 15) is 9.90 Å². The number of likely N-dealkylation sites (tertiary alicyclic amines) is 1. The molecule has 1 aliphatic heterocycles. The summed E-state index contributed by atoms with van der Waals surface area (Å²) in [7, 11) is 1.65. The number of rotatable bonds is 6. The number of nitrogens with zero attached hydrogens (tertiary/aromatic N) is 1. The second-order valence-electron chi connectivity index (χ2n) is 7.86. The van der Waals surface area contributed by atoms with Crippen molar-refractivity contribution in [2.45, 2.75) is 57.6 Å². The topological polar surface area (TPSA) is 59.0 Å². The molecule has 1 saturated heterocycles. The molecule has 1 aromatic rings. The molecule has 2 atom stereocenters. The van der Waals surface area contributed by atoms with E-state index in [1.165, 1.54) is 0 Å². The summed E-state index contributed by atoms with van der Waals surface area (Å²) in [4.78, 5) is 14.5. The molecule has 3 rings (SSSR count). The van der Waals surface area contributed by atoms with Crippen LogP contribution in [0.25, 0.3) is 0 Å². The summed E-state index contributed by atoms with van der Waals surface area (Å²) in [5.41, 5.74) is 0.326. The fraction of sp³-hybridized carbons (Fsp3) is 0.667. The van der Waals surface area contributed by atoms with Crippen LogP contribution in [0.1, 0.15) is 51.0 Å². The maximum atomic E-state index is 12.1. The highest BCUT2D eigenvalue weighted by atomic mass is 16.5. The van der Waals surface area contributed by atoms with Crippen molar-refractivity contribution >= 4 is 5.97 Å². The van der Waals surface area contributed by atoms with Gasteiger partial charge in [-0.05, 0) is 57.2 Å². The second-order valence-corrected chi connectivity index (χ2v) is 7.86. The van der Waals surface area contributed by atoms with Crippen LogP contribution in [-0.2, 0) is 9.53 Å². The van der Waals surface area contributed by atoms with Gasteiger partial charge < -0.3 is 14.6 Å². The number of hydrogen-bond donors (Lipinski definition) is 1. The normalized spacial score (nSPS) is 32.5. The SMILES string of the molecule is CCOC1CCC(N2CC(c3ccc(OC)cc3)C(C)(C(=O)O)C2)CC1. The molecule has 1 N–H and O–H groups in total. The molecule has 5 heteroatoms. The Labute approximate surface area is 156 Å². The lowest BCUT2D eigenvalue weighted by molar-refractivity contribution is -0.148. The highest BCUT2D eigenvalue weighted by Crippen LogP contribution is 2.45. The third kappa shape index (κ3) is 3.74. The third-order valence-corrected chi connectivity index (χ3v) is 6.29. The Morgan fingerprint density at radius 3 is 2.42 bits per heavy atom. The lowest BCUT2D eigenvalue weighted by Gasteiger charge is -2.35. The van der Waals surface area contributed by atoms with Crippen molar-refractivity contribution in [1.29, 1.82) is 0 Å². The summed E-state index contributed by atoms with van der Waals surface area (Å²) in [6.45, 7) is 6.14. The molecule has 1 heterocycles. The molecule has 2 unspecified atom stereocenters. The van der Waals surface area contributed by atoms with Gasteiger partial charge in [0.2, 0.25) is 0 Å². The average molecular weight is 361 g/mol. The third-order valence-electron chi connectivity index (χ3n) is 6.29. The Balaban J connectivity index is 1.74. The van der Waals surface area contributed by atoms with Gasteiger partial charge in [0.1, 0.15) is 5.75 Å². The molecule has 2 fully saturated rings. The van der Waals surface area contributed by atoms with Crippen molar-refractivity contribution in [2.75, 3.05) is 26.8 Å². The van der Waals surface area contributed by atoms with Crippen molar-refractivity contribution in [2.24, 2.45) is 5.41 Å². The van der Waals surface area contributed by atoms with Crippen LogP contribution in [0.2, 0.25) is 0 Å². The zero-order valence-corrected chi connectivity index (χ0v) is 16.1. The van der Waals surface area contributed by atoms with Crippen LogP contribution in [0.5, 0.6) is 5.75 Å². The number of aliphatic carboxylic acids is 1. The molecule has 0 bridgehead atoms. The first-order valence-corrected chi connectivity index (χ1v) is 9.71. The highest BCUT2D eigenvalue weighted by molar-refractivity contribution is 5.76. The van der Waals surface area contributed by atoms with Crippen molar-refractivity contribution in [3.63, 3.8) is 0 Å². The zero-order chi connectivity index (χ0) is 18.7. The number of methoxy groups -OCH3 is 1. The second kappa shape index (κ2) is 7.97. The molecular formula is C21H31NO4. The van der Waals surface area contributed by atoms with Gasteiger partial charge in [0.25, 0.3) is 0 Å². The van der Waals surface area contributed by atoms with Gasteiger partial charge in [-0.2, -0.15) is 0 Å². The molecule has 1 saturated carbocycles. The van der Waals surface area contributed by atoms with Gasteiger partial charge in [0.15, 0.2) is 0 Å². The van der Waals surface area contributed by atoms with E-state index in [0.717, 1.165) is 50.1 Å². The molecule has 0 radical (unpaired) electrons. The minimum Gasteiger partial charge on any atom is -0.497 e. The molecule has 0 amide bonds. The largest absolute Gasteiger partial charge is 0.497 e. The van der Waals surface area contributed by atoms with E-state index in [1.54, 1.807) is 7.11 Å². The quantitative estimate of drug-likeness (QED) is 0.840. The predicted molar refractivity (Wildman–Crippen MR) is 101 cm³/mol. The van der Waals surface area contributed by atoms with Crippen molar-refractivity contribution < 1.29 is 19.4 Å². The van der Waals surface area contributed by atoms with Gasteiger partial charge in [0.05, 0.1) is 18.6 Å². The first-order valence-electron chi connectivity index (χ1n) is 9.71. The van der Waals surface area contributed by atoms with Crippen LogP contribution in [0, 0.1) is 5.41 Å². The van der Waals surface area contributed by atoms with Crippen LogP contribution in [0.15, 0.2) is 24.3 Å². The number of carbonyl (C=O) groups is 1. The van der Waals surface area contributed by atoms with Crippen LogP contribution < -0.4 is 4.74 Å². The summed E-state index contributed by atoms with van der Waals surface area (Å²) in [6, 6.07) is 8.34. The van der Waals surface area contributed by atoms with E-state index in [0.29, 0.717) is 18.7 Å². The fourth-order valence-corrected chi connectivity index (χ4v) is 4.65. The first-order chi connectivity index (χ1) is 12.5. The van der Waals surface area contributed by atoms with Crippen LogP contribution >= 0.6 is 0 Å². The Kier molecular flexibility index (Phi) is 5.88. The molecule has 144 valence electrons. The van der Waals surface area contributed by atoms with Crippen molar-refractivity contribution in [3.8, 4) is 5.75 Å². The Morgan fingerprint density at radius 1 is 1.23 bits per heavy atom. The lowest BCUT2D eigenvalue weighted by Crippen LogP contribution is -2.40. The number of ether oxygens (including phenoxy) is 2. The summed E-state index contributed by atoms with van der Waals surface area (Å²) >= 11 is 0. The standard InChI is InChI=1S/C21H31NO4/c1-4-26-18-11-7-16(8-12-18)22-13-19(21(2,14-22)20(23)24)15-5-9-17(25-3)10-6-15/h5-6,9-10,16,18-19H,4,7-8,11-14H2,1-3H3,(H,23,24). The van der Waals surface area contributed by atoms with Crippen molar-refractivity contribution in [3.05, 3.63) is 29.8 Å². The van der Waals surface area contributed by atoms with Crippen LogP contribution in [0.4, 0.5) is 0 Å². The number of carboxylic acids is 1. The van der Waals surface area contributed by atoms with Crippen LogP contribution in [-0.4, -0.2) is 54.9 Å². The molecule has 0 aromatic heterocycles. The van der Waals surface area contributed by atoms with Gasteiger partial charge in [-0.25, -0.2) is 0 Å². The zero-order valence-electron chi connectivity index (χ0n) is 16.1. The van der Waals surface area contributed by atoms with Gasteiger partial charge >= 0.3 is 5.97 Å². The Morgan fingerprint density at radius 2 is 1.88 bits per heavy atom. The molecule has 2 aliphatic rings. The smallest absolute Gasteiger partial charge is 0.311 e. The molecule has 26 heavy (non-hydrogen) atoms. The van der Waals surface area contributed by atoms with E-state index in [4.69, 9.17) is 9.47 Å². The van der Waals surface area contributed by atoms with E-state index in [2.05, 4.69) is 4.90 Å². The number of hydrogen-bond acceptors (Lipinski definition) is 4. The van der Waals surface area contributed by atoms with E-state index in [1.807, 2.05) is 38.1 Å². The molecular weight excluding hydrogens is 330 g/mol. The van der Waals surface area contributed by atoms with Crippen LogP contribution in [0.3, 0.4) is 0 Å². The van der Waals surface area contributed by atoms with Gasteiger partial charge in [-0.1, -0.05) is 12.1 Å². The molecule has 1 aliphatic carbocycles. The summed E-state index contributed by atoms with van der Waals surface area (Å²) in [6.07, 6.45) is 4.71. The molecule has 5 nitrogen and oxygen atoms in total. The fourth-order valence-electron chi connectivity index (χ4n) is 4.65. The van der Waals surface area contributed by atoms with Gasteiger partial charge in [-0.3, -0.25) is 9.69 Å². The summed E-state index contributed by atoms with van der Waals surface area (Å²) in [5, 5.41) is 9.96. The number of benzene rings is 1. The van der Waals surface area contributed by atoms with E-state index < -0.39 is 11.4 Å². The summed E-state index contributed by atoms with van der Waals surface area (Å²) < 4.78 is 11.0. The molecule has 0 spiro atoms. The Hall–Kier alpha value is -1.59. The minimum atomic E-state index is -0.759. The van der Waals surface area contributed by atoms with Gasteiger partial charge in [-0.15, -0.1) is 0 Å². The monoisotopic (exact) mass is 361 g/mol. The van der Waals surface area contributed by atoms with Crippen molar-refractivity contribution in [1.82, 2.24) is 4.90 Å². The first kappa shape index (κ1) is 19.2. The number of carboxylic acid groups (broad SMARTS) is 1. The minimum absolute atomic E-state index is 0.00415. The van der Waals surface area contributed by atoms with Gasteiger partial charge in [0, 0.05) is 31.7 Å². The molecule has 1 aromatic carbocycles. The predicted octanol–water partition coefficient (Wildman–Crippen LogP) is 3.53. The maximum absolute atomic E-state index is 12.1. The van der Waals surface area contributed by atoms with E-state index >= 15 is 0 Å². The highest BCUT2D eigenvalue weighted by Gasteiger charge is 2.50. The van der Waals surface area contributed by atoms with E-state index in [-0.39, 0.29) is 5.92 Å². The maximum Gasteiger partial charge on any atom is 0.311 e. The Bertz CT molecular complexity index is 609. The lowest BCUT2D eigenvalue weighted by atomic mass is 9.76.